The van der Waals surface area contributed by atoms with E-state index in [1.807, 2.05) is 6.07 Å². The van der Waals surface area contributed by atoms with Crippen molar-refractivity contribution in [3.8, 4) is 78.4 Å². The second-order valence-corrected chi connectivity index (χ2v) is 14.9. The van der Waals surface area contributed by atoms with Gasteiger partial charge in [-0.15, -0.1) is 0 Å². The van der Waals surface area contributed by atoms with Crippen LogP contribution in [0.15, 0.2) is 199 Å². The standard InChI is InChI=1S/C54H32N2O/c1-3-13-33(14-4-1)35-23-24-37-28-38(26-25-36(37)27-35)48-32-49(56-54(55-48)45-21-10-7-17-41(45)34-15-5-2-6-16-34)39-29-40-31-47-43-19-11-12-22-50(43)57-53(47)52-44-20-9-8-18-42(44)46(30-39)51(40)52/h1-32H. The summed E-state index contributed by atoms with van der Waals surface area (Å²) < 4.78 is 6.60. The number of hydrogen-bond acceptors (Lipinski definition) is 3. The van der Waals surface area contributed by atoms with Crippen molar-refractivity contribution in [3.63, 3.8) is 0 Å². The summed E-state index contributed by atoms with van der Waals surface area (Å²) >= 11 is 0. The van der Waals surface area contributed by atoms with Crippen LogP contribution in [0.4, 0.5) is 0 Å². The molecule has 264 valence electrons. The second kappa shape index (κ2) is 12.5. The van der Waals surface area contributed by atoms with Crippen molar-refractivity contribution in [2.75, 3.05) is 0 Å². The van der Waals surface area contributed by atoms with Crippen LogP contribution in [0.25, 0.3) is 122 Å². The molecule has 9 aromatic carbocycles. The monoisotopic (exact) mass is 724 g/mol. The molecule has 3 nitrogen and oxygen atoms in total. The Morgan fingerprint density at radius 1 is 0.333 bits per heavy atom. The quantitative estimate of drug-likeness (QED) is 0.177. The molecular weight excluding hydrogens is 693 g/mol. The van der Waals surface area contributed by atoms with Crippen molar-refractivity contribution in [1.29, 1.82) is 0 Å². The Kier molecular flexibility index (Phi) is 6.93. The predicted octanol–water partition coefficient (Wildman–Crippen LogP) is 14.7. The molecule has 0 spiro atoms. The van der Waals surface area contributed by atoms with Crippen LogP contribution in [0.2, 0.25) is 0 Å². The summed E-state index contributed by atoms with van der Waals surface area (Å²) in [6.45, 7) is 0. The minimum atomic E-state index is 0.690. The Balaban J connectivity index is 1.09. The molecule has 11 aromatic rings. The number of fused-ring (bicyclic) bond motifs is 8. The number of furan rings is 1. The summed E-state index contributed by atoms with van der Waals surface area (Å²) in [6.07, 6.45) is 0. The summed E-state index contributed by atoms with van der Waals surface area (Å²) in [5, 5.41) is 6.99. The van der Waals surface area contributed by atoms with Crippen molar-refractivity contribution in [2.45, 2.75) is 0 Å². The Labute approximate surface area is 329 Å². The summed E-state index contributed by atoms with van der Waals surface area (Å²) in [4.78, 5) is 10.8. The topological polar surface area (TPSA) is 38.9 Å². The van der Waals surface area contributed by atoms with Gasteiger partial charge in [0.25, 0.3) is 0 Å². The third-order valence-electron chi connectivity index (χ3n) is 11.6. The predicted molar refractivity (Wildman–Crippen MR) is 236 cm³/mol. The number of nitrogens with zero attached hydrogens (tertiary/aromatic N) is 2. The molecule has 0 unspecified atom stereocenters. The van der Waals surface area contributed by atoms with Gasteiger partial charge in [0.05, 0.1) is 11.4 Å². The van der Waals surface area contributed by atoms with Gasteiger partial charge in [0.1, 0.15) is 11.2 Å². The lowest BCUT2D eigenvalue weighted by Gasteiger charge is -2.14. The van der Waals surface area contributed by atoms with E-state index in [-0.39, 0.29) is 0 Å². The average molecular weight is 725 g/mol. The summed E-state index contributed by atoms with van der Waals surface area (Å²) in [6, 6.07) is 69.0. The molecule has 1 aliphatic rings. The van der Waals surface area contributed by atoms with E-state index in [2.05, 4.69) is 188 Å². The van der Waals surface area contributed by atoms with Gasteiger partial charge in [-0.1, -0.05) is 152 Å². The van der Waals surface area contributed by atoms with E-state index >= 15 is 0 Å². The highest BCUT2D eigenvalue weighted by atomic mass is 16.3. The lowest BCUT2D eigenvalue weighted by Crippen LogP contribution is -1.98. The van der Waals surface area contributed by atoms with Gasteiger partial charge in [0.15, 0.2) is 5.82 Å². The van der Waals surface area contributed by atoms with E-state index in [9.17, 15) is 0 Å². The first kappa shape index (κ1) is 31.7. The molecule has 0 radical (unpaired) electrons. The van der Waals surface area contributed by atoms with Gasteiger partial charge < -0.3 is 4.42 Å². The van der Waals surface area contributed by atoms with Crippen LogP contribution in [0, 0.1) is 0 Å². The van der Waals surface area contributed by atoms with Gasteiger partial charge in [0.2, 0.25) is 0 Å². The molecular formula is C54H32N2O. The second-order valence-electron chi connectivity index (χ2n) is 14.9. The van der Waals surface area contributed by atoms with E-state index < -0.39 is 0 Å². The van der Waals surface area contributed by atoms with Crippen LogP contribution in [-0.4, -0.2) is 9.97 Å². The number of aromatic nitrogens is 2. The van der Waals surface area contributed by atoms with Crippen LogP contribution in [0.5, 0.6) is 0 Å². The first-order valence-corrected chi connectivity index (χ1v) is 19.4. The first-order valence-electron chi connectivity index (χ1n) is 19.4. The average Bonchev–Trinajstić information content (AvgIpc) is 3.83. The Hall–Kier alpha value is -7.62. The van der Waals surface area contributed by atoms with Crippen LogP contribution < -0.4 is 0 Å². The zero-order valence-corrected chi connectivity index (χ0v) is 30.8. The van der Waals surface area contributed by atoms with Gasteiger partial charge >= 0.3 is 0 Å². The normalized spacial score (nSPS) is 11.9. The van der Waals surface area contributed by atoms with Crippen molar-refractivity contribution in [3.05, 3.63) is 194 Å². The summed E-state index contributed by atoms with van der Waals surface area (Å²) in [5.41, 5.74) is 16.1. The lowest BCUT2D eigenvalue weighted by molar-refractivity contribution is 0.670. The van der Waals surface area contributed by atoms with E-state index in [1.165, 1.54) is 49.5 Å². The molecule has 0 saturated heterocycles. The zero-order chi connectivity index (χ0) is 37.5. The van der Waals surface area contributed by atoms with Crippen molar-refractivity contribution in [2.24, 2.45) is 0 Å². The number of benzene rings is 9. The molecule has 0 fully saturated rings. The number of rotatable bonds is 5. The van der Waals surface area contributed by atoms with E-state index in [4.69, 9.17) is 14.4 Å². The molecule has 2 heterocycles. The number of hydrogen-bond donors (Lipinski definition) is 0. The molecule has 0 amide bonds. The van der Waals surface area contributed by atoms with Crippen molar-refractivity contribution in [1.82, 2.24) is 9.97 Å². The van der Waals surface area contributed by atoms with E-state index in [0.29, 0.717) is 5.82 Å². The van der Waals surface area contributed by atoms with Crippen LogP contribution in [-0.2, 0) is 0 Å². The van der Waals surface area contributed by atoms with Gasteiger partial charge in [0, 0.05) is 38.4 Å². The zero-order valence-electron chi connectivity index (χ0n) is 30.8. The van der Waals surface area contributed by atoms with Crippen molar-refractivity contribution >= 4 is 43.5 Å². The Bertz CT molecular complexity index is 3400. The van der Waals surface area contributed by atoms with Gasteiger partial charge in [-0.2, -0.15) is 0 Å². The summed E-state index contributed by atoms with van der Waals surface area (Å²) in [7, 11) is 0. The van der Waals surface area contributed by atoms with Gasteiger partial charge in [-0.3, -0.25) is 0 Å². The summed E-state index contributed by atoms with van der Waals surface area (Å²) in [5.74, 6) is 0.690. The smallest absolute Gasteiger partial charge is 0.161 e. The SMILES string of the molecule is c1ccc(-c2ccc3cc(-c4cc(-c5cc6c7c(c8oc9ccccc9c8cc7c5)-c5ccccc5-6)nc(-c5ccccc5-c5ccccc5)n4)ccc3c2)cc1. The third kappa shape index (κ3) is 5.06. The van der Waals surface area contributed by atoms with Crippen LogP contribution >= 0.6 is 0 Å². The largest absolute Gasteiger partial charge is 0.455 e. The Morgan fingerprint density at radius 2 is 0.930 bits per heavy atom. The highest BCUT2D eigenvalue weighted by Gasteiger charge is 2.27. The maximum absolute atomic E-state index is 6.60. The fourth-order valence-electron chi connectivity index (χ4n) is 8.90. The molecule has 0 aliphatic heterocycles. The molecule has 57 heavy (non-hydrogen) atoms. The highest BCUT2D eigenvalue weighted by Crippen LogP contribution is 2.53. The van der Waals surface area contributed by atoms with E-state index in [1.54, 1.807) is 0 Å². The molecule has 12 rings (SSSR count). The third-order valence-corrected chi connectivity index (χ3v) is 11.6. The highest BCUT2D eigenvalue weighted by molar-refractivity contribution is 6.26. The molecule has 0 atom stereocenters. The minimum Gasteiger partial charge on any atom is -0.455 e. The fourth-order valence-corrected chi connectivity index (χ4v) is 8.90. The van der Waals surface area contributed by atoms with Gasteiger partial charge in [-0.05, 0) is 97.6 Å². The van der Waals surface area contributed by atoms with Crippen LogP contribution in [0.1, 0.15) is 0 Å². The molecule has 0 N–H and O–H groups in total. The molecule has 3 heteroatoms. The fraction of sp³-hybridized carbons (Fsp3) is 0. The molecule has 0 bridgehead atoms. The maximum Gasteiger partial charge on any atom is 0.161 e. The molecule has 1 aliphatic carbocycles. The van der Waals surface area contributed by atoms with Crippen LogP contribution in [0.3, 0.4) is 0 Å². The lowest BCUT2D eigenvalue weighted by atomic mass is 9.95. The van der Waals surface area contributed by atoms with Crippen molar-refractivity contribution < 1.29 is 4.42 Å². The molecule has 0 saturated carbocycles. The molecule has 2 aromatic heterocycles. The first-order chi connectivity index (χ1) is 28.2. The van der Waals surface area contributed by atoms with E-state index in [0.717, 1.165) is 66.5 Å². The Morgan fingerprint density at radius 3 is 1.72 bits per heavy atom. The maximum atomic E-state index is 6.60. The minimum absolute atomic E-state index is 0.690. The van der Waals surface area contributed by atoms with Gasteiger partial charge in [-0.25, -0.2) is 9.97 Å². The number of para-hydroxylation sites is 1.